The Bertz CT molecular complexity index is 719. The van der Waals surface area contributed by atoms with E-state index in [4.69, 9.17) is 4.74 Å². The van der Waals surface area contributed by atoms with E-state index in [1.807, 2.05) is 6.07 Å². The molecule has 1 aromatic heterocycles. The van der Waals surface area contributed by atoms with Crippen LogP contribution in [0.4, 0.5) is 10.2 Å². The molecule has 0 fully saturated rings. The molecule has 0 radical (unpaired) electrons. The van der Waals surface area contributed by atoms with Gasteiger partial charge in [-0.2, -0.15) is 0 Å². The largest absolute Gasteiger partial charge is 0.379 e. The third kappa shape index (κ3) is 5.28. The Kier molecular flexibility index (Phi) is 5.08. The number of ether oxygens (including phenoxy) is 1. The molecular formula is C14H17FN2O3S. The number of nitrogens with zero attached hydrogens (tertiary/aromatic N) is 1. The predicted molar refractivity (Wildman–Crippen MR) is 80.7 cm³/mol. The monoisotopic (exact) mass is 312 g/mol. The lowest BCUT2D eigenvalue weighted by molar-refractivity contribution is 0.159. The fourth-order valence-corrected chi connectivity index (χ4v) is 2.17. The van der Waals surface area contributed by atoms with Crippen LogP contribution in [0.3, 0.4) is 0 Å². The summed E-state index contributed by atoms with van der Waals surface area (Å²) in [5.41, 5.74) is 0.581. The van der Waals surface area contributed by atoms with Crippen molar-refractivity contribution in [2.45, 2.75) is 0 Å². The van der Waals surface area contributed by atoms with E-state index in [2.05, 4.69) is 10.3 Å². The van der Waals surface area contributed by atoms with E-state index in [0.29, 0.717) is 24.5 Å². The lowest BCUT2D eigenvalue weighted by Crippen LogP contribution is -2.15. The maximum atomic E-state index is 13.1. The van der Waals surface area contributed by atoms with E-state index in [-0.39, 0.29) is 18.2 Å². The Labute approximate surface area is 123 Å². The van der Waals surface area contributed by atoms with Gasteiger partial charge >= 0.3 is 0 Å². The van der Waals surface area contributed by atoms with Crippen molar-refractivity contribution < 1.29 is 17.5 Å². The Morgan fingerprint density at radius 3 is 2.76 bits per heavy atom. The first kappa shape index (κ1) is 15.7. The van der Waals surface area contributed by atoms with Crippen molar-refractivity contribution in [3.8, 4) is 0 Å². The maximum Gasteiger partial charge on any atom is 0.149 e. The minimum atomic E-state index is -2.99. The van der Waals surface area contributed by atoms with Crippen molar-refractivity contribution in [2.75, 3.05) is 37.1 Å². The van der Waals surface area contributed by atoms with Gasteiger partial charge in [0.05, 0.1) is 24.5 Å². The molecule has 7 heteroatoms. The summed E-state index contributed by atoms with van der Waals surface area (Å²) >= 11 is 0. The van der Waals surface area contributed by atoms with Crippen LogP contribution in [0.5, 0.6) is 0 Å². The van der Waals surface area contributed by atoms with Crippen LogP contribution in [-0.2, 0) is 14.6 Å². The van der Waals surface area contributed by atoms with Gasteiger partial charge in [-0.3, -0.25) is 0 Å². The number of sulfone groups is 1. The highest BCUT2D eigenvalue weighted by Gasteiger charge is 2.02. The quantitative estimate of drug-likeness (QED) is 0.790. The first-order valence-corrected chi connectivity index (χ1v) is 8.56. The third-order valence-electron chi connectivity index (χ3n) is 2.81. The highest BCUT2D eigenvalue weighted by molar-refractivity contribution is 7.90. The lowest BCUT2D eigenvalue weighted by Gasteiger charge is -2.07. The second kappa shape index (κ2) is 6.82. The Morgan fingerprint density at radius 2 is 2.00 bits per heavy atom. The number of fused-ring (bicyclic) bond motifs is 1. The van der Waals surface area contributed by atoms with Crippen molar-refractivity contribution in [1.82, 2.24) is 4.98 Å². The molecule has 0 aliphatic carbocycles. The molecule has 5 nitrogen and oxygen atoms in total. The van der Waals surface area contributed by atoms with Gasteiger partial charge in [0.15, 0.2) is 0 Å². The summed E-state index contributed by atoms with van der Waals surface area (Å²) in [6.45, 7) is 1.05. The summed E-state index contributed by atoms with van der Waals surface area (Å²) in [5, 5.41) is 3.91. The average molecular weight is 312 g/mol. The van der Waals surface area contributed by atoms with Crippen LogP contribution in [0, 0.1) is 5.82 Å². The molecule has 0 amide bonds. The summed E-state index contributed by atoms with van der Waals surface area (Å²) in [6.07, 6.45) is 1.17. The van der Waals surface area contributed by atoms with Crippen LogP contribution in [0.2, 0.25) is 0 Å². The van der Waals surface area contributed by atoms with E-state index in [1.54, 1.807) is 12.1 Å². The molecule has 0 aliphatic rings. The number of benzene rings is 1. The van der Waals surface area contributed by atoms with Gasteiger partial charge in [0.1, 0.15) is 21.5 Å². The zero-order chi connectivity index (χ0) is 15.3. The molecule has 0 spiro atoms. The molecule has 0 bridgehead atoms. The van der Waals surface area contributed by atoms with Crippen molar-refractivity contribution in [3.63, 3.8) is 0 Å². The van der Waals surface area contributed by atoms with Crippen molar-refractivity contribution in [3.05, 3.63) is 36.1 Å². The van der Waals surface area contributed by atoms with Gasteiger partial charge in [0.2, 0.25) is 0 Å². The van der Waals surface area contributed by atoms with Crippen molar-refractivity contribution in [1.29, 1.82) is 0 Å². The summed E-state index contributed by atoms with van der Waals surface area (Å²) in [5.74, 6) is 0.316. The van der Waals surface area contributed by atoms with Gasteiger partial charge in [-0.1, -0.05) is 0 Å². The minimum Gasteiger partial charge on any atom is -0.379 e. The van der Waals surface area contributed by atoms with E-state index in [9.17, 15) is 12.8 Å². The molecule has 0 saturated heterocycles. The van der Waals surface area contributed by atoms with E-state index >= 15 is 0 Å². The smallest absolute Gasteiger partial charge is 0.149 e. The molecule has 2 aromatic rings. The molecule has 0 saturated carbocycles. The maximum absolute atomic E-state index is 13.1. The van der Waals surface area contributed by atoms with Crippen LogP contribution in [0.25, 0.3) is 10.9 Å². The van der Waals surface area contributed by atoms with Gasteiger partial charge < -0.3 is 10.1 Å². The third-order valence-corrected chi connectivity index (χ3v) is 3.71. The summed E-state index contributed by atoms with van der Waals surface area (Å²) in [6, 6.07) is 8.11. The zero-order valence-electron chi connectivity index (χ0n) is 11.7. The fourth-order valence-electron chi connectivity index (χ4n) is 1.75. The molecule has 1 N–H and O–H groups in total. The Morgan fingerprint density at radius 1 is 1.24 bits per heavy atom. The van der Waals surface area contributed by atoms with E-state index in [1.165, 1.54) is 18.4 Å². The molecule has 0 unspecified atom stereocenters. The number of nitrogens with one attached hydrogen (secondary N) is 1. The van der Waals surface area contributed by atoms with Gasteiger partial charge in [-0.05, 0) is 24.3 Å². The summed E-state index contributed by atoms with van der Waals surface area (Å²) in [4.78, 5) is 4.29. The molecule has 114 valence electrons. The topological polar surface area (TPSA) is 68.3 Å². The second-order valence-electron chi connectivity index (χ2n) is 4.70. The number of pyridine rings is 1. The summed E-state index contributed by atoms with van der Waals surface area (Å²) in [7, 11) is -2.99. The highest BCUT2D eigenvalue weighted by atomic mass is 32.2. The van der Waals surface area contributed by atoms with Crippen LogP contribution in [0.15, 0.2) is 30.3 Å². The van der Waals surface area contributed by atoms with Crippen LogP contribution in [0.1, 0.15) is 0 Å². The highest BCUT2D eigenvalue weighted by Crippen LogP contribution is 2.16. The second-order valence-corrected chi connectivity index (χ2v) is 6.96. The van der Waals surface area contributed by atoms with E-state index < -0.39 is 9.84 Å². The van der Waals surface area contributed by atoms with Crippen LogP contribution >= 0.6 is 0 Å². The Balaban J connectivity index is 1.81. The van der Waals surface area contributed by atoms with E-state index in [0.717, 1.165) is 5.39 Å². The fraction of sp³-hybridized carbons (Fsp3) is 0.357. The first-order valence-electron chi connectivity index (χ1n) is 6.50. The van der Waals surface area contributed by atoms with Crippen LogP contribution < -0.4 is 5.32 Å². The Hall–Kier alpha value is -1.73. The molecular weight excluding hydrogens is 295 g/mol. The molecule has 0 aliphatic heterocycles. The molecule has 1 heterocycles. The predicted octanol–water partition coefficient (Wildman–Crippen LogP) is 1.85. The summed E-state index contributed by atoms with van der Waals surface area (Å²) < 4.78 is 40.1. The average Bonchev–Trinajstić information content (AvgIpc) is 2.41. The molecule has 0 atom stereocenters. The lowest BCUT2D eigenvalue weighted by atomic mass is 10.2. The number of hydrogen-bond donors (Lipinski definition) is 1. The van der Waals surface area contributed by atoms with Gasteiger partial charge in [-0.25, -0.2) is 17.8 Å². The minimum absolute atomic E-state index is 0.0144. The van der Waals surface area contributed by atoms with Gasteiger partial charge in [0.25, 0.3) is 0 Å². The first-order chi connectivity index (χ1) is 9.94. The number of anilines is 1. The van der Waals surface area contributed by atoms with Gasteiger partial charge in [0, 0.05) is 24.3 Å². The normalized spacial score (nSPS) is 11.7. The molecule has 1 aromatic carbocycles. The van der Waals surface area contributed by atoms with Crippen LogP contribution in [-0.4, -0.2) is 45.2 Å². The number of rotatable bonds is 7. The van der Waals surface area contributed by atoms with Crippen molar-refractivity contribution in [2.24, 2.45) is 0 Å². The zero-order valence-corrected chi connectivity index (χ0v) is 12.5. The number of halogens is 1. The van der Waals surface area contributed by atoms with Crippen molar-refractivity contribution >= 4 is 26.6 Å². The van der Waals surface area contributed by atoms with Gasteiger partial charge in [-0.15, -0.1) is 0 Å². The standard InChI is InChI=1S/C14H17FN2O3S/c1-21(18,19)9-8-20-7-6-16-14-5-3-11-2-4-12(15)10-13(11)17-14/h2-5,10H,6-9H2,1H3,(H,16,17). The number of aromatic nitrogens is 1. The SMILES string of the molecule is CS(=O)(=O)CCOCCNc1ccc2ccc(F)cc2n1. The molecule has 2 rings (SSSR count). The number of hydrogen-bond acceptors (Lipinski definition) is 5. The molecule has 21 heavy (non-hydrogen) atoms.